The van der Waals surface area contributed by atoms with Crippen LogP contribution in [0.4, 0.5) is 4.39 Å². The number of amides is 1. The molecule has 3 N–H and O–H groups in total. The quantitative estimate of drug-likeness (QED) is 0.412. The number of aliphatic carboxylic acids is 1. The average molecular weight is 475 g/mol. The third-order valence-corrected chi connectivity index (χ3v) is 6.36. The summed E-state index contributed by atoms with van der Waals surface area (Å²) in [7, 11) is 0. The molecule has 1 aliphatic heterocycles. The number of thiol groups is 1. The van der Waals surface area contributed by atoms with Gasteiger partial charge in [0, 0.05) is 23.4 Å². The molecule has 3 atom stereocenters. The van der Waals surface area contributed by atoms with Crippen LogP contribution in [0.2, 0.25) is 0 Å². The number of carbonyl (C=O) groups is 2. The van der Waals surface area contributed by atoms with Crippen LogP contribution in [-0.2, 0) is 4.79 Å². The number of thioether (sulfide) groups is 1. The summed E-state index contributed by atoms with van der Waals surface area (Å²) in [6.45, 7) is 0.860. The number of carboxylic acid groups (broad SMARTS) is 1. The lowest BCUT2D eigenvalue weighted by atomic mass is 9.96. The molecule has 0 aromatic heterocycles. The highest BCUT2D eigenvalue weighted by Crippen LogP contribution is 2.27. The lowest BCUT2D eigenvalue weighted by molar-refractivity contribution is -0.139. The number of rotatable bonds is 9. The van der Waals surface area contributed by atoms with E-state index in [4.69, 9.17) is 0 Å². The Balaban J connectivity index is 1.90. The van der Waals surface area contributed by atoms with E-state index in [9.17, 15) is 19.1 Å². The topological polar surface area (TPSA) is 78.4 Å². The normalized spacial score (nSPS) is 19.2. The molecule has 2 aromatic carbocycles. The summed E-state index contributed by atoms with van der Waals surface area (Å²) in [5, 5.41) is 15.8. The first-order chi connectivity index (χ1) is 15.4. The van der Waals surface area contributed by atoms with Gasteiger partial charge in [-0.25, -0.2) is 9.18 Å². The van der Waals surface area contributed by atoms with Crippen molar-refractivity contribution in [2.45, 2.75) is 30.2 Å². The summed E-state index contributed by atoms with van der Waals surface area (Å²) >= 11 is 6.01. The molecule has 5 nitrogen and oxygen atoms in total. The van der Waals surface area contributed by atoms with Gasteiger partial charge >= 0.3 is 5.97 Å². The van der Waals surface area contributed by atoms with Crippen LogP contribution < -0.4 is 10.6 Å². The van der Waals surface area contributed by atoms with Gasteiger partial charge in [0.05, 0.1) is 0 Å². The highest BCUT2D eigenvalue weighted by Gasteiger charge is 2.22. The summed E-state index contributed by atoms with van der Waals surface area (Å²) in [5.41, 5.74) is 2.53. The van der Waals surface area contributed by atoms with Crippen LogP contribution in [0.15, 0.2) is 48.5 Å². The second-order valence-corrected chi connectivity index (χ2v) is 9.44. The number of carboxylic acids is 1. The molecule has 0 aliphatic carbocycles. The van der Waals surface area contributed by atoms with Gasteiger partial charge in [0.15, 0.2) is 0 Å². The summed E-state index contributed by atoms with van der Waals surface area (Å²) < 4.78 is 13.5. The van der Waals surface area contributed by atoms with Crippen LogP contribution in [0.1, 0.15) is 28.8 Å². The van der Waals surface area contributed by atoms with Crippen molar-refractivity contribution in [3.8, 4) is 11.1 Å². The first kappa shape index (κ1) is 24.4. The van der Waals surface area contributed by atoms with E-state index in [2.05, 4.69) is 29.3 Å². The molecular formula is C24H27FN2O3S2. The number of nitrogens with one attached hydrogen (secondary N) is 2. The van der Waals surface area contributed by atoms with Crippen molar-refractivity contribution in [2.24, 2.45) is 0 Å². The van der Waals surface area contributed by atoms with Crippen molar-refractivity contribution >= 4 is 42.3 Å². The minimum atomic E-state index is -1.07. The zero-order valence-corrected chi connectivity index (χ0v) is 19.5. The Kier molecular flexibility index (Phi) is 8.78. The molecule has 1 amide bonds. The van der Waals surface area contributed by atoms with E-state index >= 15 is 0 Å². The van der Waals surface area contributed by atoms with Gasteiger partial charge in [-0.05, 0) is 65.8 Å². The van der Waals surface area contributed by atoms with E-state index < -0.39 is 17.9 Å². The SMILES string of the molecule is CSCCC(NC(=O)c1ccc(/C=C/[C@@H]2C[C@H](S)CN2)cc1-c1ccc(F)cc1)C(=O)O. The summed E-state index contributed by atoms with van der Waals surface area (Å²) in [5.74, 6) is -1.29. The molecule has 1 aliphatic rings. The van der Waals surface area contributed by atoms with Crippen LogP contribution in [0.5, 0.6) is 0 Å². The number of hydrogen-bond acceptors (Lipinski definition) is 5. The molecule has 0 radical (unpaired) electrons. The summed E-state index contributed by atoms with van der Waals surface area (Å²) in [6, 6.07) is 10.5. The predicted molar refractivity (Wildman–Crippen MR) is 132 cm³/mol. The highest BCUT2D eigenvalue weighted by molar-refractivity contribution is 7.98. The lowest BCUT2D eigenvalue weighted by Crippen LogP contribution is -2.41. The number of hydrogen-bond donors (Lipinski definition) is 4. The third kappa shape index (κ3) is 6.60. The maximum absolute atomic E-state index is 13.5. The van der Waals surface area contributed by atoms with Crippen LogP contribution in [0, 0.1) is 5.82 Å². The fourth-order valence-corrected chi connectivity index (χ4v) is 4.39. The number of benzene rings is 2. The molecule has 1 fully saturated rings. The van der Waals surface area contributed by atoms with E-state index in [1.54, 1.807) is 18.2 Å². The van der Waals surface area contributed by atoms with Gasteiger partial charge in [0.1, 0.15) is 11.9 Å². The minimum Gasteiger partial charge on any atom is -0.480 e. The molecular weight excluding hydrogens is 447 g/mol. The molecule has 0 spiro atoms. The smallest absolute Gasteiger partial charge is 0.326 e. The van der Waals surface area contributed by atoms with Crippen molar-refractivity contribution in [2.75, 3.05) is 18.6 Å². The fraction of sp³-hybridized carbons (Fsp3) is 0.333. The Morgan fingerprint density at radius 1 is 1.31 bits per heavy atom. The predicted octanol–water partition coefficient (Wildman–Crippen LogP) is 4.10. The highest BCUT2D eigenvalue weighted by atomic mass is 32.2. The molecule has 0 saturated carbocycles. The van der Waals surface area contributed by atoms with Crippen LogP contribution in [0.25, 0.3) is 17.2 Å². The van der Waals surface area contributed by atoms with Gasteiger partial charge in [-0.3, -0.25) is 4.79 Å². The van der Waals surface area contributed by atoms with Crippen molar-refractivity contribution < 1.29 is 19.1 Å². The van der Waals surface area contributed by atoms with Crippen molar-refractivity contribution in [1.82, 2.24) is 10.6 Å². The van der Waals surface area contributed by atoms with E-state index in [1.165, 1.54) is 23.9 Å². The van der Waals surface area contributed by atoms with Crippen LogP contribution >= 0.6 is 24.4 Å². The molecule has 2 aromatic rings. The molecule has 8 heteroatoms. The summed E-state index contributed by atoms with van der Waals surface area (Å²) in [6.07, 6.45) is 7.21. The second-order valence-electron chi connectivity index (χ2n) is 7.72. The Bertz CT molecular complexity index is 982. The molecule has 170 valence electrons. The van der Waals surface area contributed by atoms with Gasteiger partial charge in [-0.1, -0.05) is 30.4 Å². The maximum Gasteiger partial charge on any atom is 0.326 e. The first-order valence-electron chi connectivity index (χ1n) is 10.4. The average Bonchev–Trinajstić information content (AvgIpc) is 3.20. The Labute approximate surface area is 197 Å². The number of carbonyl (C=O) groups excluding carboxylic acids is 1. The van der Waals surface area contributed by atoms with E-state index in [0.717, 1.165) is 18.5 Å². The Morgan fingerprint density at radius 3 is 2.69 bits per heavy atom. The van der Waals surface area contributed by atoms with E-state index in [0.29, 0.717) is 34.1 Å². The number of halogens is 1. The van der Waals surface area contributed by atoms with Crippen molar-refractivity contribution in [1.29, 1.82) is 0 Å². The standard InChI is InChI=1S/C24H27FN2O3S2/c1-32-11-10-22(24(29)30)27-23(28)20-9-3-15(2-8-18-13-19(31)14-26-18)12-21(20)16-4-6-17(25)7-5-16/h2-9,12,18-19,22,26,31H,10-11,13-14H2,1H3,(H,27,28)(H,29,30)/b8-2+/t18-,19+,22?/m1/s1. The van der Waals surface area contributed by atoms with Crippen molar-refractivity contribution in [3.05, 3.63) is 65.5 Å². The second kappa shape index (κ2) is 11.5. The largest absolute Gasteiger partial charge is 0.480 e. The maximum atomic E-state index is 13.5. The zero-order chi connectivity index (χ0) is 23.1. The third-order valence-electron chi connectivity index (χ3n) is 5.32. The van der Waals surface area contributed by atoms with Gasteiger partial charge in [0.25, 0.3) is 5.91 Å². The molecule has 3 rings (SSSR count). The van der Waals surface area contributed by atoms with Gasteiger partial charge in [0.2, 0.25) is 0 Å². The van der Waals surface area contributed by atoms with Crippen LogP contribution in [0.3, 0.4) is 0 Å². The first-order valence-corrected chi connectivity index (χ1v) is 12.3. The zero-order valence-electron chi connectivity index (χ0n) is 17.8. The monoisotopic (exact) mass is 474 g/mol. The minimum absolute atomic E-state index is 0.238. The van der Waals surface area contributed by atoms with Crippen molar-refractivity contribution in [3.63, 3.8) is 0 Å². The molecule has 0 bridgehead atoms. The molecule has 32 heavy (non-hydrogen) atoms. The fourth-order valence-electron chi connectivity index (χ4n) is 3.58. The molecule has 1 unspecified atom stereocenters. The lowest BCUT2D eigenvalue weighted by Gasteiger charge is -2.16. The van der Waals surface area contributed by atoms with Gasteiger partial charge < -0.3 is 15.7 Å². The summed E-state index contributed by atoms with van der Waals surface area (Å²) in [4.78, 5) is 24.6. The van der Waals surface area contributed by atoms with E-state index in [1.807, 2.05) is 24.5 Å². The van der Waals surface area contributed by atoms with Gasteiger partial charge in [-0.2, -0.15) is 24.4 Å². The van der Waals surface area contributed by atoms with Gasteiger partial charge in [-0.15, -0.1) is 0 Å². The molecule has 1 heterocycles. The molecule has 1 saturated heterocycles. The van der Waals surface area contributed by atoms with Crippen LogP contribution in [-0.4, -0.2) is 52.9 Å². The van der Waals surface area contributed by atoms with E-state index in [-0.39, 0.29) is 11.9 Å². The Hall–Kier alpha value is -2.29. The Morgan fingerprint density at radius 2 is 2.06 bits per heavy atom.